The van der Waals surface area contributed by atoms with Crippen LogP contribution in [0, 0.1) is 0 Å². The fourth-order valence-corrected chi connectivity index (χ4v) is 3.75. The van der Waals surface area contributed by atoms with Gasteiger partial charge in [0.05, 0.1) is 31.6 Å². The molecule has 31 heavy (non-hydrogen) atoms. The van der Waals surface area contributed by atoms with Crippen molar-refractivity contribution < 1.29 is 28.6 Å². The Kier molecular flexibility index (Phi) is 8.31. The first kappa shape index (κ1) is 22.6. The van der Waals surface area contributed by atoms with Gasteiger partial charge < -0.3 is 24.4 Å². The standard InChI is InChI=1S/C22H24N2O6S/c1-28-17-6-4-5-16(13-17)23-20(25)15-31-19-8-3-2-7-18(19)22(27)30-14-21(26)24-9-11-29-12-10-24/h2-8,13H,9-12,14-15H2,1H3,(H,23,25). The molecule has 0 aromatic heterocycles. The minimum Gasteiger partial charge on any atom is -0.497 e. The fraction of sp³-hybridized carbons (Fsp3) is 0.318. The largest absolute Gasteiger partial charge is 0.497 e. The molecule has 164 valence electrons. The fourth-order valence-electron chi connectivity index (χ4n) is 2.91. The van der Waals surface area contributed by atoms with Crippen LogP contribution >= 0.6 is 11.8 Å². The van der Waals surface area contributed by atoms with Crippen molar-refractivity contribution in [3.05, 3.63) is 54.1 Å². The number of amides is 2. The Morgan fingerprint density at radius 3 is 2.65 bits per heavy atom. The van der Waals surface area contributed by atoms with E-state index in [9.17, 15) is 14.4 Å². The molecule has 2 aromatic carbocycles. The molecule has 1 fully saturated rings. The van der Waals surface area contributed by atoms with Crippen LogP contribution in [-0.4, -0.2) is 68.5 Å². The van der Waals surface area contributed by atoms with Crippen LogP contribution in [0.3, 0.4) is 0 Å². The van der Waals surface area contributed by atoms with E-state index in [0.717, 1.165) is 0 Å². The number of ether oxygens (including phenoxy) is 3. The molecule has 1 aliphatic rings. The van der Waals surface area contributed by atoms with E-state index in [4.69, 9.17) is 14.2 Å². The van der Waals surface area contributed by atoms with E-state index in [1.807, 2.05) is 0 Å². The summed E-state index contributed by atoms with van der Waals surface area (Å²) in [7, 11) is 1.56. The lowest BCUT2D eigenvalue weighted by Gasteiger charge is -2.26. The van der Waals surface area contributed by atoms with Gasteiger partial charge in [-0.25, -0.2) is 4.79 Å². The predicted octanol–water partition coefficient (Wildman–Crippen LogP) is 2.44. The zero-order valence-electron chi connectivity index (χ0n) is 17.2. The number of benzene rings is 2. The molecule has 0 aliphatic carbocycles. The van der Waals surface area contributed by atoms with Crippen LogP contribution in [0.2, 0.25) is 0 Å². The number of carbonyl (C=O) groups excluding carboxylic acids is 3. The number of carbonyl (C=O) groups is 3. The maximum absolute atomic E-state index is 12.5. The van der Waals surface area contributed by atoms with Gasteiger partial charge in [0.25, 0.3) is 5.91 Å². The average Bonchev–Trinajstić information content (AvgIpc) is 2.81. The maximum atomic E-state index is 12.5. The number of nitrogens with zero attached hydrogens (tertiary/aromatic N) is 1. The van der Waals surface area contributed by atoms with E-state index in [0.29, 0.717) is 48.2 Å². The minimum atomic E-state index is -0.599. The summed E-state index contributed by atoms with van der Waals surface area (Å²) in [5.41, 5.74) is 0.940. The van der Waals surface area contributed by atoms with Crippen LogP contribution in [0.15, 0.2) is 53.4 Å². The molecule has 2 amide bonds. The van der Waals surface area contributed by atoms with E-state index >= 15 is 0 Å². The highest BCUT2D eigenvalue weighted by Gasteiger charge is 2.20. The smallest absolute Gasteiger partial charge is 0.339 e. The summed E-state index contributed by atoms with van der Waals surface area (Å²) in [5, 5.41) is 2.80. The summed E-state index contributed by atoms with van der Waals surface area (Å²) in [6.07, 6.45) is 0. The third kappa shape index (κ3) is 6.73. The summed E-state index contributed by atoms with van der Waals surface area (Å²) in [5.74, 6) is -0.319. The van der Waals surface area contributed by atoms with E-state index < -0.39 is 5.97 Å². The molecule has 0 bridgehead atoms. The summed E-state index contributed by atoms with van der Waals surface area (Å²) < 4.78 is 15.6. The van der Waals surface area contributed by atoms with E-state index in [2.05, 4.69) is 5.32 Å². The summed E-state index contributed by atoms with van der Waals surface area (Å²) in [6, 6.07) is 13.9. The molecule has 1 aliphatic heterocycles. The second-order valence-electron chi connectivity index (χ2n) is 6.63. The molecule has 0 unspecified atom stereocenters. The van der Waals surface area contributed by atoms with Crippen LogP contribution in [0.4, 0.5) is 5.69 Å². The molecule has 0 spiro atoms. The number of anilines is 1. The topological polar surface area (TPSA) is 94.2 Å². The number of nitrogens with one attached hydrogen (secondary N) is 1. The van der Waals surface area contributed by atoms with Crippen molar-refractivity contribution in [2.75, 3.05) is 51.1 Å². The molecule has 1 N–H and O–H groups in total. The number of esters is 1. The van der Waals surface area contributed by atoms with Gasteiger partial charge in [-0.15, -0.1) is 11.8 Å². The SMILES string of the molecule is COc1cccc(NC(=O)CSc2ccccc2C(=O)OCC(=O)N2CCOCC2)c1. The Bertz CT molecular complexity index is 930. The number of morpholine rings is 1. The average molecular weight is 445 g/mol. The maximum Gasteiger partial charge on any atom is 0.339 e. The molecular weight excluding hydrogens is 420 g/mol. The van der Waals surface area contributed by atoms with Crippen LogP contribution in [0.1, 0.15) is 10.4 Å². The second kappa shape index (κ2) is 11.4. The van der Waals surface area contributed by atoms with Crippen LogP contribution < -0.4 is 10.1 Å². The van der Waals surface area contributed by atoms with Gasteiger partial charge in [-0.1, -0.05) is 18.2 Å². The molecule has 0 saturated carbocycles. The summed E-state index contributed by atoms with van der Waals surface area (Å²) in [6.45, 7) is 1.62. The van der Waals surface area contributed by atoms with Crippen molar-refractivity contribution in [2.45, 2.75) is 4.90 Å². The number of rotatable bonds is 8. The third-order valence-electron chi connectivity index (χ3n) is 4.51. The van der Waals surface area contributed by atoms with Gasteiger partial charge in [-0.3, -0.25) is 9.59 Å². The number of thioether (sulfide) groups is 1. The number of hydrogen-bond donors (Lipinski definition) is 1. The van der Waals surface area contributed by atoms with Crippen molar-refractivity contribution in [2.24, 2.45) is 0 Å². The number of hydrogen-bond acceptors (Lipinski definition) is 7. The second-order valence-corrected chi connectivity index (χ2v) is 7.65. The first-order valence-electron chi connectivity index (χ1n) is 9.75. The quantitative estimate of drug-likeness (QED) is 0.494. The molecule has 9 heteroatoms. The highest BCUT2D eigenvalue weighted by atomic mass is 32.2. The Morgan fingerprint density at radius 2 is 1.87 bits per heavy atom. The highest BCUT2D eigenvalue weighted by Crippen LogP contribution is 2.24. The lowest BCUT2D eigenvalue weighted by Crippen LogP contribution is -2.42. The Balaban J connectivity index is 1.53. The van der Waals surface area contributed by atoms with Crippen molar-refractivity contribution >= 4 is 35.2 Å². The summed E-state index contributed by atoms with van der Waals surface area (Å²) >= 11 is 1.22. The van der Waals surface area contributed by atoms with Gasteiger partial charge in [0.2, 0.25) is 5.91 Å². The van der Waals surface area contributed by atoms with Gasteiger partial charge in [-0.2, -0.15) is 0 Å². The van der Waals surface area contributed by atoms with Crippen LogP contribution in [0.5, 0.6) is 5.75 Å². The molecule has 2 aromatic rings. The van der Waals surface area contributed by atoms with Crippen molar-refractivity contribution in [1.82, 2.24) is 4.90 Å². The highest BCUT2D eigenvalue weighted by molar-refractivity contribution is 8.00. The van der Waals surface area contributed by atoms with Gasteiger partial charge in [0.15, 0.2) is 6.61 Å². The Morgan fingerprint density at radius 1 is 1.10 bits per heavy atom. The summed E-state index contributed by atoms with van der Waals surface area (Å²) in [4.78, 5) is 39.2. The van der Waals surface area contributed by atoms with Gasteiger partial charge in [0, 0.05) is 29.7 Å². The van der Waals surface area contributed by atoms with E-state index in [1.54, 1.807) is 60.5 Å². The van der Waals surface area contributed by atoms with Crippen LogP contribution in [0.25, 0.3) is 0 Å². The van der Waals surface area contributed by atoms with Crippen molar-refractivity contribution in [1.29, 1.82) is 0 Å². The normalized spacial score (nSPS) is 13.4. The molecular formula is C22H24N2O6S. The Labute approximate surface area is 184 Å². The van der Waals surface area contributed by atoms with Gasteiger partial charge >= 0.3 is 5.97 Å². The van der Waals surface area contributed by atoms with E-state index in [1.165, 1.54) is 11.8 Å². The first-order valence-corrected chi connectivity index (χ1v) is 10.7. The lowest BCUT2D eigenvalue weighted by atomic mass is 10.2. The number of methoxy groups -OCH3 is 1. The zero-order valence-corrected chi connectivity index (χ0v) is 18.0. The lowest BCUT2D eigenvalue weighted by molar-refractivity contribution is -0.138. The van der Waals surface area contributed by atoms with Gasteiger partial charge in [0.1, 0.15) is 5.75 Å². The third-order valence-corrected chi connectivity index (χ3v) is 5.58. The van der Waals surface area contributed by atoms with Crippen LogP contribution in [-0.2, 0) is 19.1 Å². The first-order chi connectivity index (χ1) is 15.1. The molecule has 1 saturated heterocycles. The molecule has 8 nitrogen and oxygen atoms in total. The predicted molar refractivity (Wildman–Crippen MR) is 116 cm³/mol. The molecule has 0 radical (unpaired) electrons. The van der Waals surface area contributed by atoms with Gasteiger partial charge in [-0.05, 0) is 24.3 Å². The molecule has 1 heterocycles. The van der Waals surface area contributed by atoms with E-state index in [-0.39, 0.29) is 24.2 Å². The minimum absolute atomic E-state index is 0.105. The molecule has 0 atom stereocenters. The zero-order chi connectivity index (χ0) is 22.1. The Hall–Kier alpha value is -3.04. The van der Waals surface area contributed by atoms with Crippen molar-refractivity contribution in [3.8, 4) is 5.75 Å². The monoisotopic (exact) mass is 444 g/mol. The molecule has 3 rings (SSSR count). The van der Waals surface area contributed by atoms with Crippen molar-refractivity contribution in [3.63, 3.8) is 0 Å².